The summed E-state index contributed by atoms with van der Waals surface area (Å²) >= 11 is 1.30. The number of fused-ring (bicyclic) bond motifs is 1. The van der Waals surface area contributed by atoms with E-state index in [1.54, 1.807) is 18.2 Å². The highest BCUT2D eigenvalue weighted by Gasteiger charge is 2.33. The molecule has 1 aliphatic heterocycles. The minimum Gasteiger partial charge on any atom is -0.454 e. The van der Waals surface area contributed by atoms with Crippen molar-refractivity contribution in [3.05, 3.63) is 51.2 Å². The maximum Gasteiger partial charge on any atom is 0.338 e. The summed E-state index contributed by atoms with van der Waals surface area (Å²) in [5, 5.41) is 2.70. The summed E-state index contributed by atoms with van der Waals surface area (Å²) in [7, 11) is -3.41. The molecule has 0 bridgehead atoms. The second-order valence-corrected chi connectivity index (χ2v) is 10.5. The first kappa shape index (κ1) is 23.0. The first-order chi connectivity index (χ1) is 14.6. The van der Waals surface area contributed by atoms with Crippen molar-refractivity contribution in [1.82, 2.24) is 5.32 Å². The fraction of sp³-hybridized carbons (Fsp3) is 0.381. The summed E-state index contributed by atoms with van der Waals surface area (Å²) in [4.78, 5) is 37.1. The van der Waals surface area contributed by atoms with E-state index in [1.165, 1.54) is 28.6 Å². The number of ketones is 1. The number of carbonyl (C=O) groups is 3. The van der Waals surface area contributed by atoms with Crippen molar-refractivity contribution in [2.75, 3.05) is 23.7 Å². The van der Waals surface area contributed by atoms with Gasteiger partial charge in [0.05, 0.1) is 22.4 Å². The summed E-state index contributed by atoms with van der Waals surface area (Å²) < 4.78 is 30.5. The number of anilines is 1. The number of benzene rings is 1. The molecule has 8 nitrogen and oxygen atoms in total. The highest BCUT2D eigenvalue weighted by molar-refractivity contribution is 7.92. The molecule has 1 atom stereocenters. The van der Waals surface area contributed by atoms with Gasteiger partial charge in [0.1, 0.15) is 0 Å². The molecule has 31 heavy (non-hydrogen) atoms. The average Bonchev–Trinajstić information content (AvgIpc) is 3.28. The van der Waals surface area contributed by atoms with Gasteiger partial charge in [-0.25, -0.2) is 13.2 Å². The Morgan fingerprint density at radius 3 is 2.65 bits per heavy atom. The lowest BCUT2D eigenvalue weighted by molar-refractivity contribution is -0.118. The van der Waals surface area contributed by atoms with Gasteiger partial charge < -0.3 is 10.1 Å². The van der Waals surface area contributed by atoms with Gasteiger partial charge in [0, 0.05) is 24.4 Å². The van der Waals surface area contributed by atoms with Crippen molar-refractivity contribution in [1.29, 1.82) is 0 Å². The maximum atomic E-state index is 12.4. The van der Waals surface area contributed by atoms with E-state index in [0.29, 0.717) is 30.0 Å². The van der Waals surface area contributed by atoms with Crippen LogP contribution in [0.5, 0.6) is 0 Å². The van der Waals surface area contributed by atoms with Crippen LogP contribution in [0.1, 0.15) is 44.3 Å². The number of carbonyl (C=O) groups excluding carboxylic acids is 3. The van der Waals surface area contributed by atoms with Gasteiger partial charge in [-0.2, -0.15) is 0 Å². The fourth-order valence-electron chi connectivity index (χ4n) is 3.54. The van der Waals surface area contributed by atoms with Crippen LogP contribution >= 0.6 is 11.3 Å². The van der Waals surface area contributed by atoms with Gasteiger partial charge in [0.2, 0.25) is 21.7 Å². The number of nitrogens with zero attached hydrogens (tertiary/aromatic N) is 1. The molecule has 166 valence electrons. The first-order valence-corrected chi connectivity index (χ1v) is 12.4. The van der Waals surface area contributed by atoms with E-state index in [1.807, 2.05) is 13.0 Å². The van der Waals surface area contributed by atoms with Crippen molar-refractivity contribution in [2.24, 2.45) is 0 Å². The van der Waals surface area contributed by atoms with Crippen molar-refractivity contribution in [3.8, 4) is 0 Å². The van der Waals surface area contributed by atoms with Gasteiger partial charge in [-0.05, 0) is 55.7 Å². The van der Waals surface area contributed by atoms with Gasteiger partial charge in [0.15, 0.2) is 6.61 Å². The van der Waals surface area contributed by atoms with Crippen LogP contribution in [0.4, 0.5) is 5.69 Å². The molecule has 1 unspecified atom stereocenters. The van der Waals surface area contributed by atoms with Crippen LogP contribution in [0.3, 0.4) is 0 Å². The highest BCUT2D eigenvalue weighted by atomic mass is 32.2. The lowest BCUT2D eigenvalue weighted by Gasteiger charge is -2.21. The zero-order chi connectivity index (χ0) is 22.8. The minimum absolute atomic E-state index is 0.107. The van der Waals surface area contributed by atoms with Gasteiger partial charge in [-0.1, -0.05) is 0 Å². The Hall–Kier alpha value is -2.72. The maximum absolute atomic E-state index is 12.4. The smallest absolute Gasteiger partial charge is 0.338 e. The molecule has 1 aromatic heterocycles. The van der Waals surface area contributed by atoms with Crippen LogP contribution in [0.2, 0.25) is 0 Å². The van der Waals surface area contributed by atoms with Gasteiger partial charge in [0.25, 0.3) is 0 Å². The Morgan fingerprint density at radius 2 is 1.97 bits per heavy atom. The van der Waals surface area contributed by atoms with E-state index in [0.717, 1.165) is 16.7 Å². The molecule has 3 rings (SSSR count). The number of amides is 1. The normalized spacial score (nSPS) is 15.5. The molecule has 1 amide bonds. The predicted octanol–water partition coefficient (Wildman–Crippen LogP) is 2.18. The highest BCUT2D eigenvalue weighted by Crippen LogP contribution is 2.34. The van der Waals surface area contributed by atoms with E-state index in [9.17, 15) is 22.8 Å². The molecule has 1 aliphatic rings. The van der Waals surface area contributed by atoms with Crippen LogP contribution in [-0.2, 0) is 32.4 Å². The van der Waals surface area contributed by atoms with Crippen LogP contribution in [0.25, 0.3) is 0 Å². The molecular formula is C21H24N2O6S2. The van der Waals surface area contributed by atoms with E-state index >= 15 is 0 Å². The number of Topliss-reactive ketones (excluding diaryl/α,β-unsaturated/α-hetero) is 1. The van der Waals surface area contributed by atoms with Crippen LogP contribution in [-0.4, -0.2) is 51.5 Å². The van der Waals surface area contributed by atoms with Crippen molar-refractivity contribution < 1.29 is 27.5 Å². The van der Waals surface area contributed by atoms with E-state index in [2.05, 4.69) is 5.32 Å². The number of hydrogen-bond acceptors (Lipinski definition) is 7. The minimum atomic E-state index is -3.41. The number of rotatable bonds is 8. The number of ether oxygens (including phenoxy) is 1. The molecule has 2 heterocycles. The third-order valence-corrected chi connectivity index (χ3v) is 7.30. The van der Waals surface area contributed by atoms with Gasteiger partial charge in [-0.15, -0.1) is 11.3 Å². The summed E-state index contributed by atoms with van der Waals surface area (Å²) in [5.74, 6) is -1.05. The quantitative estimate of drug-likeness (QED) is 0.474. The summed E-state index contributed by atoms with van der Waals surface area (Å²) in [6, 6.07) is 8.00. The molecule has 0 radical (unpaired) electrons. The first-order valence-electron chi connectivity index (χ1n) is 9.72. The number of thiophene rings is 1. The third kappa shape index (κ3) is 5.50. The Morgan fingerprint density at radius 1 is 1.23 bits per heavy atom. The van der Waals surface area contributed by atoms with Crippen molar-refractivity contribution in [2.45, 2.75) is 32.7 Å². The Bertz CT molecular complexity index is 1120. The predicted molar refractivity (Wildman–Crippen MR) is 118 cm³/mol. The number of sulfonamides is 1. The van der Waals surface area contributed by atoms with Crippen LogP contribution in [0, 0.1) is 0 Å². The SMILES string of the molecule is CC(=O)NCCc1ccc(C(=O)COC(=O)c2ccc3c(c2)CC(C)N3S(C)(=O)=O)s1. The summed E-state index contributed by atoms with van der Waals surface area (Å²) in [6.07, 6.45) is 2.27. The van der Waals surface area contributed by atoms with Crippen molar-refractivity contribution in [3.63, 3.8) is 0 Å². The molecular weight excluding hydrogens is 440 g/mol. The molecule has 1 aromatic carbocycles. The number of hydrogen-bond donors (Lipinski definition) is 1. The molecule has 1 N–H and O–H groups in total. The zero-order valence-corrected chi connectivity index (χ0v) is 19.1. The van der Waals surface area contributed by atoms with Gasteiger partial charge in [-0.3, -0.25) is 13.9 Å². The van der Waals surface area contributed by atoms with E-state index in [-0.39, 0.29) is 29.9 Å². The van der Waals surface area contributed by atoms with Gasteiger partial charge >= 0.3 is 5.97 Å². The molecule has 0 saturated carbocycles. The largest absolute Gasteiger partial charge is 0.454 e. The number of nitrogens with one attached hydrogen (secondary N) is 1. The second-order valence-electron chi connectivity index (χ2n) is 7.45. The molecule has 0 spiro atoms. The lowest BCUT2D eigenvalue weighted by Crippen LogP contribution is -2.34. The van der Waals surface area contributed by atoms with E-state index in [4.69, 9.17) is 4.74 Å². The summed E-state index contributed by atoms with van der Waals surface area (Å²) in [5.41, 5.74) is 1.59. The Labute approximate surface area is 185 Å². The van der Waals surface area contributed by atoms with Crippen LogP contribution in [0.15, 0.2) is 30.3 Å². The zero-order valence-electron chi connectivity index (χ0n) is 17.5. The monoisotopic (exact) mass is 464 g/mol. The average molecular weight is 465 g/mol. The number of esters is 1. The standard InChI is InChI=1S/C21H24N2O6S2/c1-13-10-16-11-15(4-6-18(16)23(13)31(3,27)28)21(26)29-12-19(25)20-7-5-17(30-20)8-9-22-14(2)24/h4-7,11,13H,8-10,12H2,1-3H3,(H,22,24). The molecule has 0 fully saturated rings. The molecule has 0 saturated heterocycles. The summed E-state index contributed by atoms with van der Waals surface area (Å²) in [6.45, 7) is 3.36. The van der Waals surface area contributed by atoms with Crippen molar-refractivity contribution >= 4 is 44.7 Å². The molecule has 0 aliphatic carbocycles. The molecule has 10 heteroatoms. The van der Waals surface area contributed by atoms with E-state index < -0.39 is 16.0 Å². The lowest BCUT2D eigenvalue weighted by atomic mass is 10.1. The molecule has 2 aromatic rings. The second kappa shape index (κ2) is 9.19. The topological polar surface area (TPSA) is 110 Å². The fourth-order valence-corrected chi connectivity index (χ4v) is 5.74. The Kier molecular flexibility index (Phi) is 6.80. The Balaban J connectivity index is 1.59. The van der Waals surface area contributed by atoms with Crippen LogP contribution < -0.4 is 9.62 Å². The third-order valence-electron chi connectivity index (χ3n) is 4.84.